The van der Waals surface area contributed by atoms with Crippen LogP contribution < -0.4 is 10.2 Å². The molecule has 1 N–H and O–H groups in total. The van der Waals surface area contributed by atoms with Gasteiger partial charge in [-0.05, 0) is 44.5 Å². The van der Waals surface area contributed by atoms with Crippen molar-refractivity contribution >= 4 is 11.7 Å². The third-order valence-corrected chi connectivity index (χ3v) is 7.11. The van der Waals surface area contributed by atoms with Gasteiger partial charge >= 0.3 is 6.18 Å². The van der Waals surface area contributed by atoms with Crippen molar-refractivity contribution in [2.75, 3.05) is 11.9 Å². The van der Waals surface area contributed by atoms with Gasteiger partial charge in [-0.1, -0.05) is 19.9 Å². The van der Waals surface area contributed by atoms with Crippen LogP contribution in [0.3, 0.4) is 0 Å². The number of hydrogen-bond acceptors (Lipinski definition) is 6. The molecular weight excluding hydrogens is 471 g/mol. The molecule has 0 saturated heterocycles. The second-order valence-electron chi connectivity index (χ2n) is 9.79. The van der Waals surface area contributed by atoms with E-state index >= 15 is 0 Å². The van der Waals surface area contributed by atoms with Crippen LogP contribution in [0.1, 0.15) is 72.9 Å². The number of halogens is 3. The van der Waals surface area contributed by atoms with Gasteiger partial charge in [0.25, 0.3) is 5.91 Å². The zero-order chi connectivity index (χ0) is 25.7. The van der Waals surface area contributed by atoms with E-state index in [0.29, 0.717) is 30.2 Å². The molecule has 1 amide bonds. The van der Waals surface area contributed by atoms with Crippen molar-refractivity contribution in [2.24, 2.45) is 0 Å². The average Bonchev–Trinajstić information content (AvgIpc) is 3.26. The summed E-state index contributed by atoms with van der Waals surface area (Å²) in [5.41, 5.74) is 3.65. The lowest BCUT2D eigenvalue weighted by Crippen LogP contribution is -2.24. The first-order valence-electron chi connectivity index (χ1n) is 12.1. The van der Waals surface area contributed by atoms with Crippen LogP contribution in [0, 0.1) is 0 Å². The monoisotopic (exact) mass is 499 g/mol. The van der Waals surface area contributed by atoms with E-state index in [-0.39, 0.29) is 23.6 Å². The predicted octanol–water partition coefficient (Wildman–Crippen LogP) is 4.57. The maximum absolute atomic E-state index is 13.5. The molecule has 3 aromatic rings. The van der Waals surface area contributed by atoms with Crippen molar-refractivity contribution in [3.05, 3.63) is 53.1 Å². The molecule has 1 fully saturated rings. The van der Waals surface area contributed by atoms with Crippen molar-refractivity contribution in [1.29, 1.82) is 0 Å². The Labute approximate surface area is 207 Å². The van der Waals surface area contributed by atoms with Crippen molar-refractivity contribution in [3.8, 4) is 11.5 Å². The molecule has 0 unspecified atom stereocenters. The highest BCUT2D eigenvalue weighted by molar-refractivity contribution is 6.09. The number of nitrogens with zero attached hydrogens (tertiary/aromatic N) is 6. The third-order valence-electron chi connectivity index (χ3n) is 7.11. The second kappa shape index (κ2) is 8.95. The van der Waals surface area contributed by atoms with Gasteiger partial charge in [-0.2, -0.15) is 13.2 Å². The maximum Gasteiger partial charge on any atom is 0.391 e. The smallest absolute Gasteiger partial charge is 0.314 e. The fraction of sp³-hybridized carbons (Fsp3) is 0.480. The quantitative estimate of drug-likeness (QED) is 0.489. The molecule has 0 radical (unpaired) electrons. The molecule has 3 aromatic heterocycles. The molecule has 1 aliphatic heterocycles. The molecule has 1 aliphatic carbocycles. The summed E-state index contributed by atoms with van der Waals surface area (Å²) in [6, 6.07) is 6.16. The fourth-order valence-electron chi connectivity index (χ4n) is 4.72. The molecule has 1 saturated carbocycles. The molecular formula is C25H28F3N7O. The Morgan fingerprint density at radius 2 is 2.00 bits per heavy atom. The Bertz CT molecular complexity index is 1300. The highest BCUT2D eigenvalue weighted by Gasteiger charge is 2.43. The largest absolute Gasteiger partial charge is 0.391 e. The van der Waals surface area contributed by atoms with Crippen LogP contribution >= 0.6 is 0 Å². The molecule has 190 valence electrons. The summed E-state index contributed by atoms with van der Waals surface area (Å²) in [4.78, 5) is 24.6. The van der Waals surface area contributed by atoms with Gasteiger partial charge in [-0.25, -0.2) is 4.98 Å². The van der Waals surface area contributed by atoms with E-state index in [2.05, 4.69) is 27.4 Å². The van der Waals surface area contributed by atoms with Crippen molar-refractivity contribution in [2.45, 2.75) is 70.3 Å². The molecule has 0 aromatic carbocycles. The van der Waals surface area contributed by atoms with Crippen LogP contribution in [-0.4, -0.2) is 43.9 Å². The molecule has 4 heterocycles. The van der Waals surface area contributed by atoms with E-state index in [4.69, 9.17) is 4.98 Å². The van der Waals surface area contributed by atoms with Crippen LogP contribution in [0.15, 0.2) is 30.6 Å². The van der Waals surface area contributed by atoms with E-state index in [1.165, 1.54) is 10.9 Å². The summed E-state index contributed by atoms with van der Waals surface area (Å²) in [6.45, 7) is 4.72. The Morgan fingerprint density at radius 3 is 2.67 bits per heavy atom. The topological polar surface area (TPSA) is 88.8 Å². The van der Waals surface area contributed by atoms with Crippen LogP contribution in [0.5, 0.6) is 0 Å². The fourth-order valence-corrected chi connectivity index (χ4v) is 4.72. The van der Waals surface area contributed by atoms with E-state index < -0.39 is 18.6 Å². The molecule has 5 rings (SSSR count). The van der Waals surface area contributed by atoms with Gasteiger partial charge in [0, 0.05) is 34.8 Å². The minimum atomic E-state index is -4.32. The predicted molar refractivity (Wildman–Crippen MR) is 127 cm³/mol. The Hall–Kier alpha value is -3.34. The summed E-state index contributed by atoms with van der Waals surface area (Å²) >= 11 is 0. The molecule has 36 heavy (non-hydrogen) atoms. The lowest BCUT2D eigenvalue weighted by atomic mass is 9.99. The molecule has 1 atom stereocenters. The minimum absolute atomic E-state index is 0.0136. The summed E-state index contributed by atoms with van der Waals surface area (Å²) < 4.78 is 40.8. The van der Waals surface area contributed by atoms with Gasteiger partial charge in [0.1, 0.15) is 17.8 Å². The number of carbonyl (C=O) groups excluding carboxylic acids is 1. The number of rotatable bonds is 8. The van der Waals surface area contributed by atoms with E-state index in [9.17, 15) is 18.0 Å². The van der Waals surface area contributed by atoms with Crippen LogP contribution in [0.2, 0.25) is 0 Å². The number of hydrogen-bond donors (Lipinski definition) is 1. The summed E-state index contributed by atoms with van der Waals surface area (Å²) in [5, 5.41) is 11.1. The number of fused-ring (bicyclic) bond motifs is 1. The Morgan fingerprint density at radius 1 is 1.22 bits per heavy atom. The number of anilines is 1. The summed E-state index contributed by atoms with van der Waals surface area (Å²) in [6.07, 6.45) is -1.65. The minimum Gasteiger partial charge on any atom is -0.314 e. The maximum atomic E-state index is 13.5. The zero-order valence-corrected chi connectivity index (χ0v) is 20.4. The lowest BCUT2D eigenvalue weighted by Gasteiger charge is -2.20. The van der Waals surface area contributed by atoms with Crippen LogP contribution in [0.4, 0.5) is 19.0 Å². The molecule has 0 spiro atoms. The van der Waals surface area contributed by atoms with Gasteiger partial charge in [0.15, 0.2) is 5.82 Å². The molecule has 0 bridgehead atoms. The van der Waals surface area contributed by atoms with Crippen LogP contribution in [-0.2, 0) is 18.5 Å². The molecule has 8 nitrogen and oxygen atoms in total. The van der Waals surface area contributed by atoms with Crippen molar-refractivity contribution in [1.82, 2.24) is 30.0 Å². The first kappa shape index (κ1) is 24.4. The third kappa shape index (κ3) is 4.47. The normalized spacial score (nSPS) is 17.4. The highest BCUT2D eigenvalue weighted by Crippen LogP contribution is 2.48. The highest BCUT2D eigenvalue weighted by atomic mass is 19.4. The van der Waals surface area contributed by atoms with Gasteiger partial charge in [0.2, 0.25) is 0 Å². The van der Waals surface area contributed by atoms with Crippen LogP contribution in [0.25, 0.3) is 11.5 Å². The number of aromatic nitrogens is 5. The standard InChI is InChI=1S/C25H28F3N7O/c1-4-15(11-25(26,27)28)35-14-30-33-22(35)18-6-5-7-21(32-18)34-13-17-16(23(34)36)10-20(24(2)8-9-24)31-19(17)12-29-3/h5-7,10,14-15,29H,4,8-9,11-13H2,1-3H3/t15-/m0/s1. The van der Waals surface area contributed by atoms with Gasteiger partial charge < -0.3 is 9.88 Å². The van der Waals surface area contributed by atoms with Gasteiger partial charge in [0.05, 0.1) is 18.7 Å². The average molecular weight is 500 g/mol. The number of carbonyl (C=O) groups is 1. The van der Waals surface area contributed by atoms with E-state index in [1.807, 2.05) is 13.1 Å². The Kier molecular flexibility index (Phi) is 6.06. The number of nitrogens with one attached hydrogen (secondary N) is 1. The van der Waals surface area contributed by atoms with E-state index in [1.54, 1.807) is 30.0 Å². The first-order valence-corrected chi connectivity index (χ1v) is 12.1. The van der Waals surface area contributed by atoms with Crippen molar-refractivity contribution in [3.63, 3.8) is 0 Å². The number of alkyl halides is 3. The summed E-state index contributed by atoms with van der Waals surface area (Å²) in [5.74, 6) is 0.477. The Balaban J connectivity index is 1.48. The molecule has 2 aliphatic rings. The summed E-state index contributed by atoms with van der Waals surface area (Å²) in [7, 11) is 1.84. The zero-order valence-electron chi connectivity index (χ0n) is 20.4. The first-order chi connectivity index (χ1) is 17.1. The second-order valence-corrected chi connectivity index (χ2v) is 9.79. The molecule has 11 heteroatoms. The number of amides is 1. The lowest BCUT2D eigenvalue weighted by molar-refractivity contribution is -0.143. The van der Waals surface area contributed by atoms with Gasteiger partial charge in [-0.15, -0.1) is 10.2 Å². The van der Waals surface area contributed by atoms with E-state index in [0.717, 1.165) is 29.8 Å². The number of pyridine rings is 2. The van der Waals surface area contributed by atoms with Gasteiger partial charge in [-0.3, -0.25) is 14.7 Å². The SMILES string of the molecule is CC[C@@H](CC(F)(F)F)n1cnnc1-c1cccc(N2Cc3c(cc(C4(C)CC4)nc3CNC)C2=O)n1. The van der Waals surface area contributed by atoms with Crippen molar-refractivity contribution < 1.29 is 18.0 Å².